The van der Waals surface area contributed by atoms with Crippen molar-refractivity contribution >= 4 is 45.8 Å². The molecule has 3 heterocycles. The highest BCUT2D eigenvalue weighted by molar-refractivity contribution is 8.00. The van der Waals surface area contributed by atoms with E-state index in [0.29, 0.717) is 32.6 Å². The summed E-state index contributed by atoms with van der Waals surface area (Å²) in [4.78, 5) is 38.4. The van der Waals surface area contributed by atoms with Crippen LogP contribution in [0.2, 0.25) is 0 Å². The molecule has 140 valence electrons. The predicted octanol–water partition coefficient (Wildman–Crippen LogP) is 2.97. The lowest BCUT2D eigenvalue weighted by Crippen LogP contribution is -2.17. The summed E-state index contributed by atoms with van der Waals surface area (Å²) >= 11 is 2.60. The highest BCUT2D eigenvalue weighted by atomic mass is 32.2. The molecule has 2 N–H and O–H groups in total. The highest BCUT2D eigenvalue weighted by Crippen LogP contribution is 2.29. The third-order valence-corrected chi connectivity index (χ3v) is 6.17. The number of nitrogens with zero attached hydrogens (tertiary/aromatic N) is 3. The molecule has 0 aliphatic heterocycles. The SMILES string of the molecule is COc1ccc2nc(C)nc(SCC(=O)c3ccc(C(C)C(N)=O)s3)c2n1. The molecule has 3 rings (SSSR count). The van der Waals surface area contributed by atoms with Crippen LogP contribution in [0.3, 0.4) is 0 Å². The van der Waals surface area contributed by atoms with E-state index in [0.717, 1.165) is 4.88 Å². The molecule has 0 spiro atoms. The van der Waals surface area contributed by atoms with Crippen molar-refractivity contribution in [1.82, 2.24) is 15.0 Å². The Labute approximate surface area is 164 Å². The molecule has 0 aromatic carbocycles. The number of Topliss-reactive ketones (excluding diaryl/α,β-unsaturated/α-hetero) is 1. The van der Waals surface area contributed by atoms with Crippen molar-refractivity contribution in [2.75, 3.05) is 12.9 Å². The molecular weight excluding hydrogens is 384 g/mol. The van der Waals surface area contributed by atoms with Gasteiger partial charge in [0.1, 0.15) is 16.4 Å². The number of methoxy groups -OCH3 is 1. The number of ether oxygens (including phenoxy) is 1. The van der Waals surface area contributed by atoms with Crippen LogP contribution in [0.1, 0.15) is 33.2 Å². The number of hydrogen-bond donors (Lipinski definition) is 1. The molecule has 27 heavy (non-hydrogen) atoms. The maximum absolute atomic E-state index is 12.6. The monoisotopic (exact) mass is 402 g/mol. The lowest BCUT2D eigenvalue weighted by Gasteiger charge is -2.07. The number of thiophene rings is 1. The summed E-state index contributed by atoms with van der Waals surface area (Å²) in [6.07, 6.45) is 0. The smallest absolute Gasteiger partial charge is 0.225 e. The van der Waals surface area contributed by atoms with Crippen LogP contribution >= 0.6 is 23.1 Å². The molecule has 0 aliphatic rings. The number of rotatable bonds is 7. The molecule has 0 fully saturated rings. The van der Waals surface area contributed by atoms with E-state index < -0.39 is 11.8 Å². The number of pyridine rings is 1. The Kier molecular flexibility index (Phi) is 5.71. The first-order chi connectivity index (χ1) is 12.9. The third-order valence-electron chi connectivity index (χ3n) is 3.90. The molecule has 7 nitrogen and oxygen atoms in total. The molecule has 0 aliphatic carbocycles. The fourth-order valence-electron chi connectivity index (χ4n) is 2.38. The van der Waals surface area contributed by atoms with Crippen molar-refractivity contribution in [2.45, 2.75) is 24.8 Å². The number of fused-ring (bicyclic) bond motifs is 1. The van der Waals surface area contributed by atoms with E-state index >= 15 is 0 Å². The quantitative estimate of drug-likeness (QED) is 0.368. The van der Waals surface area contributed by atoms with Gasteiger partial charge in [0, 0.05) is 10.9 Å². The Morgan fingerprint density at radius 3 is 2.70 bits per heavy atom. The van der Waals surface area contributed by atoms with Crippen LogP contribution < -0.4 is 10.5 Å². The first-order valence-electron chi connectivity index (χ1n) is 8.13. The molecule has 0 saturated carbocycles. The van der Waals surface area contributed by atoms with E-state index in [9.17, 15) is 9.59 Å². The number of ketones is 1. The number of amides is 1. The first-order valence-corrected chi connectivity index (χ1v) is 9.93. The van der Waals surface area contributed by atoms with Crippen molar-refractivity contribution in [3.8, 4) is 5.88 Å². The van der Waals surface area contributed by atoms with Crippen LogP contribution in [-0.2, 0) is 4.79 Å². The number of thioether (sulfide) groups is 1. The van der Waals surface area contributed by atoms with Gasteiger partial charge in [0.15, 0.2) is 5.78 Å². The van der Waals surface area contributed by atoms with Gasteiger partial charge in [-0.15, -0.1) is 11.3 Å². The zero-order valence-electron chi connectivity index (χ0n) is 15.1. The van der Waals surface area contributed by atoms with E-state index in [1.807, 2.05) is 6.07 Å². The molecule has 0 saturated heterocycles. The lowest BCUT2D eigenvalue weighted by atomic mass is 10.1. The number of carbonyl (C=O) groups excluding carboxylic acids is 2. The summed E-state index contributed by atoms with van der Waals surface area (Å²) in [5.41, 5.74) is 6.63. The van der Waals surface area contributed by atoms with Gasteiger partial charge in [0.2, 0.25) is 11.8 Å². The van der Waals surface area contributed by atoms with Gasteiger partial charge in [-0.2, -0.15) is 0 Å². The molecule has 0 radical (unpaired) electrons. The number of nitrogens with two attached hydrogens (primary N) is 1. The topological polar surface area (TPSA) is 108 Å². The fourth-order valence-corrected chi connectivity index (χ4v) is 4.38. The number of primary amides is 1. The van der Waals surface area contributed by atoms with Crippen molar-refractivity contribution in [3.63, 3.8) is 0 Å². The zero-order valence-corrected chi connectivity index (χ0v) is 16.7. The van der Waals surface area contributed by atoms with E-state index in [2.05, 4.69) is 15.0 Å². The Bertz CT molecular complexity index is 1020. The predicted molar refractivity (Wildman–Crippen MR) is 106 cm³/mol. The summed E-state index contributed by atoms with van der Waals surface area (Å²) in [6.45, 7) is 3.53. The van der Waals surface area contributed by atoms with E-state index in [1.165, 1.54) is 23.1 Å². The second-order valence-corrected chi connectivity index (χ2v) is 7.91. The summed E-state index contributed by atoms with van der Waals surface area (Å²) in [7, 11) is 1.54. The minimum Gasteiger partial charge on any atom is -0.481 e. The fraction of sp³-hybridized carbons (Fsp3) is 0.278. The van der Waals surface area contributed by atoms with Gasteiger partial charge in [-0.25, -0.2) is 15.0 Å². The first kappa shape index (κ1) is 19.2. The minimum absolute atomic E-state index is 0.0415. The van der Waals surface area contributed by atoms with Crippen LogP contribution in [0.4, 0.5) is 0 Å². The van der Waals surface area contributed by atoms with Gasteiger partial charge < -0.3 is 10.5 Å². The molecule has 1 unspecified atom stereocenters. The Morgan fingerprint density at radius 1 is 1.22 bits per heavy atom. The van der Waals surface area contributed by atoms with Crippen LogP contribution in [0.5, 0.6) is 5.88 Å². The second kappa shape index (κ2) is 8.01. The van der Waals surface area contributed by atoms with Gasteiger partial charge in [-0.1, -0.05) is 11.8 Å². The average Bonchev–Trinajstić information content (AvgIpc) is 3.14. The number of carbonyl (C=O) groups is 2. The maximum atomic E-state index is 12.6. The molecule has 3 aromatic rings. The number of aryl methyl sites for hydroxylation is 1. The van der Waals surface area contributed by atoms with Crippen LogP contribution in [0.25, 0.3) is 11.0 Å². The summed E-state index contributed by atoms with van der Waals surface area (Å²) in [6, 6.07) is 7.06. The molecule has 0 bridgehead atoms. The Morgan fingerprint density at radius 2 is 2.00 bits per heavy atom. The standard InChI is InChI=1S/C18H18N4O3S2/c1-9(17(19)24)13-5-6-14(27-13)12(23)8-26-18-16-11(20-10(2)21-18)4-7-15(22-16)25-3/h4-7,9H,8H2,1-3H3,(H2,19,24). The third kappa shape index (κ3) is 4.25. The van der Waals surface area contributed by atoms with Gasteiger partial charge >= 0.3 is 0 Å². The summed E-state index contributed by atoms with van der Waals surface area (Å²) in [5.74, 6) is 0.419. The minimum atomic E-state index is -0.409. The van der Waals surface area contributed by atoms with E-state index in [1.54, 1.807) is 39.2 Å². The summed E-state index contributed by atoms with van der Waals surface area (Å²) < 4.78 is 5.17. The average molecular weight is 403 g/mol. The molecular formula is C18H18N4O3S2. The lowest BCUT2D eigenvalue weighted by molar-refractivity contribution is -0.119. The maximum Gasteiger partial charge on any atom is 0.225 e. The van der Waals surface area contributed by atoms with Crippen LogP contribution in [0.15, 0.2) is 29.3 Å². The van der Waals surface area contributed by atoms with Crippen molar-refractivity contribution in [1.29, 1.82) is 0 Å². The molecule has 1 atom stereocenters. The largest absolute Gasteiger partial charge is 0.481 e. The second-order valence-electron chi connectivity index (χ2n) is 5.84. The van der Waals surface area contributed by atoms with Gasteiger partial charge in [-0.05, 0) is 32.0 Å². The van der Waals surface area contributed by atoms with Crippen LogP contribution in [-0.4, -0.2) is 39.5 Å². The van der Waals surface area contributed by atoms with Gasteiger partial charge in [0.25, 0.3) is 0 Å². The van der Waals surface area contributed by atoms with Gasteiger partial charge in [-0.3, -0.25) is 9.59 Å². The molecule has 3 aromatic heterocycles. The summed E-state index contributed by atoms with van der Waals surface area (Å²) in [5, 5.41) is 0.632. The van der Waals surface area contributed by atoms with E-state index in [4.69, 9.17) is 10.5 Å². The molecule has 9 heteroatoms. The van der Waals surface area contributed by atoms with Gasteiger partial charge in [0.05, 0.1) is 29.2 Å². The normalized spacial score (nSPS) is 12.1. The van der Waals surface area contributed by atoms with E-state index in [-0.39, 0.29) is 11.5 Å². The molecule has 1 amide bonds. The Balaban J connectivity index is 1.80. The Hall–Kier alpha value is -2.52. The van der Waals surface area contributed by atoms with Crippen molar-refractivity contribution in [3.05, 3.63) is 39.8 Å². The number of aromatic nitrogens is 3. The van der Waals surface area contributed by atoms with Crippen molar-refractivity contribution in [2.24, 2.45) is 5.73 Å². The zero-order chi connectivity index (χ0) is 19.6. The highest BCUT2D eigenvalue weighted by Gasteiger charge is 2.18. The number of hydrogen-bond acceptors (Lipinski definition) is 8. The van der Waals surface area contributed by atoms with Crippen molar-refractivity contribution < 1.29 is 14.3 Å². The van der Waals surface area contributed by atoms with Crippen LogP contribution in [0, 0.1) is 6.92 Å².